The number of rotatable bonds is 5. The van der Waals surface area contributed by atoms with Crippen LogP contribution in [0.5, 0.6) is 0 Å². The summed E-state index contributed by atoms with van der Waals surface area (Å²) >= 11 is 5.93. The van der Waals surface area contributed by atoms with E-state index >= 15 is 0 Å². The summed E-state index contributed by atoms with van der Waals surface area (Å²) in [6, 6.07) is 2.92. The second-order valence-electron chi connectivity index (χ2n) is 7.51. The van der Waals surface area contributed by atoms with Gasteiger partial charge in [-0.1, -0.05) is 24.9 Å². The number of aryl methyl sites for hydroxylation is 1. The number of ether oxygens (including phenoxy) is 1. The molecule has 1 aromatic rings. The zero-order valence-corrected chi connectivity index (χ0v) is 15.7. The van der Waals surface area contributed by atoms with Crippen molar-refractivity contribution in [3.63, 3.8) is 0 Å². The average molecular weight is 356 g/mol. The summed E-state index contributed by atoms with van der Waals surface area (Å²) in [6.07, 6.45) is 3.78. The molecular formula is C19H27ClFNO2. The molecule has 5 heteroatoms. The molecule has 134 valence electrons. The first-order valence-electron chi connectivity index (χ1n) is 8.65. The summed E-state index contributed by atoms with van der Waals surface area (Å²) in [4.78, 5) is 12.4. The quantitative estimate of drug-likeness (QED) is 0.794. The van der Waals surface area contributed by atoms with Crippen LogP contribution in [0.4, 0.5) is 4.39 Å². The lowest BCUT2D eigenvalue weighted by Crippen LogP contribution is -2.48. The molecule has 0 heterocycles. The standard InChI is InChI=1S/C19H27ClFNO2/c1-5-6-17(18(23)24-19(2,3)4)22-14-8-7-12-9-13(20)10-16(21)15(12)11-14/h9-10,14,17,22H,5-8,11H2,1-4H3/t14-,17?/m0/s1. The molecule has 0 radical (unpaired) electrons. The first-order chi connectivity index (χ1) is 11.2. The monoisotopic (exact) mass is 355 g/mol. The van der Waals surface area contributed by atoms with Gasteiger partial charge in [-0.15, -0.1) is 0 Å². The lowest BCUT2D eigenvalue weighted by molar-refractivity contribution is -0.158. The van der Waals surface area contributed by atoms with Gasteiger partial charge in [0.15, 0.2) is 0 Å². The van der Waals surface area contributed by atoms with E-state index in [9.17, 15) is 9.18 Å². The van der Waals surface area contributed by atoms with Crippen molar-refractivity contribution in [2.45, 2.75) is 77.5 Å². The number of hydrogen-bond donors (Lipinski definition) is 1. The maximum absolute atomic E-state index is 14.2. The first kappa shape index (κ1) is 19.2. The molecule has 1 N–H and O–H groups in total. The van der Waals surface area contributed by atoms with Crippen LogP contribution < -0.4 is 5.32 Å². The maximum atomic E-state index is 14.2. The molecule has 0 fully saturated rings. The summed E-state index contributed by atoms with van der Waals surface area (Å²) in [7, 11) is 0. The van der Waals surface area contributed by atoms with E-state index in [0.717, 1.165) is 24.8 Å². The lowest BCUT2D eigenvalue weighted by Gasteiger charge is -2.31. The molecule has 1 unspecified atom stereocenters. The van der Waals surface area contributed by atoms with Crippen molar-refractivity contribution in [2.24, 2.45) is 0 Å². The highest BCUT2D eigenvalue weighted by Crippen LogP contribution is 2.28. The normalized spacial score (nSPS) is 18.8. The fourth-order valence-corrected chi connectivity index (χ4v) is 3.37. The van der Waals surface area contributed by atoms with Crippen LogP contribution >= 0.6 is 11.6 Å². The minimum atomic E-state index is -0.507. The Morgan fingerprint density at radius 2 is 2.17 bits per heavy atom. The molecule has 2 atom stereocenters. The van der Waals surface area contributed by atoms with E-state index in [4.69, 9.17) is 16.3 Å². The second kappa shape index (κ2) is 7.83. The largest absolute Gasteiger partial charge is 0.459 e. The minimum absolute atomic E-state index is 0.0669. The summed E-state index contributed by atoms with van der Waals surface area (Å²) in [5.74, 6) is -0.486. The highest BCUT2D eigenvalue weighted by Gasteiger charge is 2.29. The Kier molecular flexibility index (Phi) is 6.27. The third-order valence-electron chi connectivity index (χ3n) is 4.17. The molecule has 2 rings (SSSR count). The molecule has 0 bridgehead atoms. The number of esters is 1. The molecule has 3 nitrogen and oxygen atoms in total. The van der Waals surface area contributed by atoms with E-state index in [-0.39, 0.29) is 23.9 Å². The van der Waals surface area contributed by atoms with Crippen LogP contribution in [0.2, 0.25) is 5.02 Å². The molecular weight excluding hydrogens is 329 g/mol. The number of carbonyl (C=O) groups is 1. The average Bonchev–Trinajstić information content (AvgIpc) is 2.45. The Bertz CT molecular complexity index is 598. The van der Waals surface area contributed by atoms with Crippen molar-refractivity contribution in [2.75, 3.05) is 0 Å². The predicted molar refractivity (Wildman–Crippen MR) is 94.9 cm³/mol. The van der Waals surface area contributed by atoms with Gasteiger partial charge in [0.2, 0.25) is 0 Å². The minimum Gasteiger partial charge on any atom is -0.459 e. The molecule has 0 saturated heterocycles. The molecule has 1 aliphatic rings. The SMILES string of the molecule is CCCC(N[C@H]1CCc2cc(Cl)cc(F)c2C1)C(=O)OC(C)(C)C. The Hall–Kier alpha value is -1.13. The molecule has 0 aromatic heterocycles. The summed E-state index contributed by atoms with van der Waals surface area (Å²) in [6.45, 7) is 7.63. The zero-order valence-electron chi connectivity index (χ0n) is 14.9. The molecule has 0 aliphatic heterocycles. The van der Waals surface area contributed by atoms with Gasteiger partial charge in [0.25, 0.3) is 0 Å². The summed E-state index contributed by atoms with van der Waals surface area (Å²) in [5, 5.41) is 3.83. The molecule has 24 heavy (non-hydrogen) atoms. The van der Waals surface area contributed by atoms with Crippen LogP contribution in [0, 0.1) is 5.82 Å². The van der Waals surface area contributed by atoms with Gasteiger partial charge in [-0.05, 0) is 69.7 Å². The van der Waals surface area contributed by atoms with Gasteiger partial charge in [-0.2, -0.15) is 0 Å². The number of benzene rings is 1. The second-order valence-corrected chi connectivity index (χ2v) is 7.94. The highest BCUT2D eigenvalue weighted by atomic mass is 35.5. The maximum Gasteiger partial charge on any atom is 0.323 e. The zero-order chi connectivity index (χ0) is 17.9. The van der Waals surface area contributed by atoms with Crippen molar-refractivity contribution in [1.82, 2.24) is 5.32 Å². The van der Waals surface area contributed by atoms with Gasteiger partial charge < -0.3 is 10.1 Å². The number of fused-ring (bicyclic) bond motifs is 1. The van der Waals surface area contributed by atoms with Crippen LogP contribution in [0.25, 0.3) is 0 Å². The van der Waals surface area contributed by atoms with E-state index in [1.54, 1.807) is 0 Å². The van der Waals surface area contributed by atoms with E-state index in [2.05, 4.69) is 5.32 Å². The van der Waals surface area contributed by atoms with Gasteiger partial charge in [0.1, 0.15) is 17.5 Å². The number of hydrogen-bond acceptors (Lipinski definition) is 3. The van der Waals surface area contributed by atoms with Crippen LogP contribution in [-0.2, 0) is 22.4 Å². The molecule has 1 aliphatic carbocycles. The third kappa shape index (κ3) is 5.18. The van der Waals surface area contributed by atoms with Gasteiger partial charge in [-0.25, -0.2) is 4.39 Å². The van der Waals surface area contributed by atoms with Crippen molar-refractivity contribution in [1.29, 1.82) is 0 Å². The van der Waals surface area contributed by atoms with Gasteiger partial charge >= 0.3 is 5.97 Å². The van der Waals surface area contributed by atoms with Crippen LogP contribution in [0.3, 0.4) is 0 Å². The predicted octanol–water partition coefficient (Wildman–Crippen LogP) is 4.44. The summed E-state index contributed by atoms with van der Waals surface area (Å²) in [5.41, 5.74) is 1.18. The Labute approximate surface area is 148 Å². The van der Waals surface area contributed by atoms with E-state index in [1.165, 1.54) is 6.07 Å². The topological polar surface area (TPSA) is 38.3 Å². The Morgan fingerprint density at radius 3 is 2.79 bits per heavy atom. The van der Waals surface area contributed by atoms with Crippen LogP contribution in [0.15, 0.2) is 12.1 Å². The van der Waals surface area contributed by atoms with Gasteiger partial charge in [0, 0.05) is 11.1 Å². The first-order valence-corrected chi connectivity index (χ1v) is 9.03. The highest BCUT2D eigenvalue weighted by molar-refractivity contribution is 6.30. The molecule has 1 aromatic carbocycles. The Balaban J connectivity index is 2.07. The van der Waals surface area contributed by atoms with E-state index in [0.29, 0.717) is 23.4 Å². The van der Waals surface area contributed by atoms with Crippen molar-refractivity contribution < 1.29 is 13.9 Å². The van der Waals surface area contributed by atoms with Crippen LogP contribution in [-0.4, -0.2) is 23.7 Å². The summed E-state index contributed by atoms with van der Waals surface area (Å²) < 4.78 is 19.7. The van der Waals surface area contributed by atoms with Gasteiger partial charge in [0.05, 0.1) is 0 Å². The third-order valence-corrected chi connectivity index (χ3v) is 4.39. The van der Waals surface area contributed by atoms with Crippen LogP contribution in [0.1, 0.15) is 58.1 Å². The fraction of sp³-hybridized carbons (Fsp3) is 0.632. The molecule has 0 saturated carbocycles. The van der Waals surface area contributed by atoms with Crippen molar-refractivity contribution in [3.8, 4) is 0 Å². The smallest absolute Gasteiger partial charge is 0.323 e. The molecule has 0 spiro atoms. The Morgan fingerprint density at radius 1 is 1.46 bits per heavy atom. The lowest BCUT2D eigenvalue weighted by atomic mass is 9.87. The number of carbonyl (C=O) groups excluding carboxylic acids is 1. The van der Waals surface area contributed by atoms with Gasteiger partial charge in [-0.3, -0.25) is 4.79 Å². The molecule has 0 amide bonds. The van der Waals surface area contributed by atoms with E-state index in [1.807, 2.05) is 33.8 Å². The fourth-order valence-electron chi connectivity index (χ4n) is 3.14. The number of nitrogens with one attached hydrogen (secondary N) is 1. The van der Waals surface area contributed by atoms with Crippen molar-refractivity contribution >= 4 is 17.6 Å². The van der Waals surface area contributed by atoms with E-state index < -0.39 is 5.60 Å². The number of halogens is 2. The van der Waals surface area contributed by atoms with Crippen molar-refractivity contribution in [3.05, 3.63) is 34.1 Å².